The first kappa shape index (κ1) is 14.1. The van der Waals surface area contributed by atoms with Crippen molar-refractivity contribution in [3.05, 3.63) is 40.6 Å². The van der Waals surface area contributed by atoms with Crippen LogP contribution >= 0.6 is 15.9 Å². The van der Waals surface area contributed by atoms with Crippen molar-refractivity contribution in [1.82, 2.24) is 24.6 Å². The lowest BCUT2D eigenvalue weighted by molar-refractivity contribution is 0.367. The Labute approximate surface area is 120 Å². The van der Waals surface area contributed by atoms with Gasteiger partial charge in [-0.1, -0.05) is 0 Å². The van der Waals surface area contributed by atoms with E-state index >= 15 is 0 Å². The number of halogens is 1. The van der Waals surface area contributed by atoms with Crippen molar-refractivity contribution in [1.29, 1.82) is 0 Å². The van der Waals surface area contributed by atoms with E-state index in [4.69, 9.17) is 5.73 Å². The van der Waals surface area contributed by atoms with Crippen LogP contribution in [-0.4, -0.2) is 45.3 Å². The summed E-state index contributed by atoms with van der Waals surface area (Å²) in [6.07, 6.45) is 4.96. The van der Waals surface area contributed by atoms with E-state index in [1.807, 2.05) is 24.8 Å². The minimum Gasteiger partial charge on any atom is -0.318 e. The summed E-state index contributed by atoms with van der Waals surface area (Å²) in [5.74, 6) is 0. The molecular weight excluding hydrogens is 308 g/mol. The second-order valence-corrected chi connectivity index (χ2v) is 5.37. The molecule has 0 aromatic carbocycles. The molecule has 0 bridgehead atoms. The third-order valence-corrected chi connectivity index (χ3v) is 3.42. The van der Waals surface area contributed by atoms with Gasteiger partial charge in [-0.3, -0.25) is 4.68 Å². The maximum absolute atomic E-state index is 6.27. The Kier molecular flexibility index (Phi) is 4.62. The molecule has 2 aromatic rings. The van der Waals surface area contributed by atoms with Crippen molar-refractivity contribution in [2.45, 2.75) is 12.6 Å². The third kappa shape index (κ3) is 3.37. The van der Waals surface area contributed by atoms with Gasteiger partial charge in [0, 0.05) is 12.7 Å². The smallest absolute Gasteiger partial charge is 0.115 e. The average Bonchev–Trinajstić information content (AvgIpc) is 2.78. The maximum atomic E-state index is 6.27. The van der Waals surface area contributed by atoms with Crippen LogP contribution in [0.3, 0.4) is 0 Å². The van der Waals surface area contributed by atoms with Crippen LogP contribution in [0.2, 0.25) is 0 Å². The molecule has 6 nitrogen and oxygen atoms in total. The lowest BCUT2D eigenvalue weighted by Gasteiger charge is -2.16. The molecule has 1 unspecified atom stereocenters. The summed E-state index contributed by atoms with van der Waals surface area (Å²) >= 11 is 3.50. The first-order valence-electron chi connectivity index (χ1n) is 5.97. The van der Waals surface area contributed by atoms with Crippen LogP contribution in [0.5, 0.6) is 0 Å². The van der Waals surface area contributed by atoms with Crippen LogP contribution < -0.4 is 5.73 Å². The van der Waals surface area contributed by atoms with Gasteiger partial charge in [-0.2, -0.15) is 5.10 Å². The molecule has 2 heterocycles. The van der Waals surface area contributed by atoms with E-state index in [0.717, 1.165) is 29.0 Å². The quantitative estimate of drug-likeness (QED) is 0.889. The molecule has 102 valence electrons. The summed E-state index contributed by atoms with van der Waals surface area (Å²) in [5, 5.41) is 4.35. The van der Waals surface area contributed by atoms with Crippen molar-refractivity contribution in [3.8, 4) is 0 Å². The first-order chi connectivity index (χ1) is 9.09. The second kappa shape index (κ2) is 6.23. The SMILES string of the molecule is CN(C)CCn1ncc(Br)c1C(N)c1ccncn1. The molecular formula is C12H17BrN6. The fourth-order valence-electron chi connectivity index (χ4n) is 1.78. The summed E-state index contributed by atoms with van der Waals surface area (Å²) in [6.45, 7) is 1.68. The molecule has 7 heteroatoms. The Morgan fingerprint density at radius 1 is 1.47 bits per heavy atom. The largest absolute Gasteiger partial charge is 0.318 e. The normalized spacial score (nSPS) is 12.9. The molecule has 0 aliphatic carbocycles. The Morgan fingerprint density at radius 3 is 2.89 bits per heavy atom. The minimum absolute atomic E-state index is 0.318. The molecule has 1 atom stereocenters. The zero-order valence-corrected chi connectivity index (χ0v) is 12.6. The Balaban J connectivity index is 2.26. The zero-order chi connectivity index (χ0) is 13.8. The molecule has 2 N–H and O–H groups in total. The van der Waals surface area contributed by atoms with Crippen molar-refractivity contribution < 1.29 is 0 Å². The maximum Gasteiger partial charge on any atom is 0.115 e. The highest BCUT2D eigenvalue weighted by atomic mass is 79.9. The van der Waals surface area contributed by atoms with Crippen LogP contribution in [0.25, 0.3) is 0 Å². The van der Waals surface area contributed by atoms with Gasteiger partial charge in [-0.25, -0.2) is 9.97 Å². The topological polar surface area (TPSA) is 72.9 Å². The third-order valence-electron chi connectivity index (χ3n) is 2.81. The lowest BCUT2D eigenvalue weighted by atomic mass is 10.1. The summed E-state index contributed by atoms with van der Waals surface area (Å²) in [4.78, 5) is 10.2. The Bertz CT molecular complexity index is 524. The predicted octanol–water partition coefficient (Wildman–Crippen LogP) is 1.05. The fourth-order valence-corrected chi connectivity index (χ4v) is 2.32. The standard InChI is InChI=1S/C12H17BrN6/c1-18(2)5-6-19-12(9(13)7-17-19)11(14)10-3-4-15-8-16-10/h3-4,7-8,11H,5-6,14H2,1-2H3. The Hall–Kier alpha value is -1.31. The van der Waals surface area contributed by atoms with Gasteiger partial charge in [0.1, 0.15) is 6.33 Å². The van der Waals surface area contributed by atoms with E-state index in [2.05, 4.69) is 35.9 Å². The molecule has 19 heavy (non-hydrogen) atoms. The first-order valence-corrected chi connectivity index (χ1v) is 6.76. The van der Waals surface area contributed by atoms with E-state index in [-0.39, 0.29) is 6.04 Å². The van der Waals surface area contributed by atoms with Gasteiger partial charge in [0.05, 0.1) is 34.6 Å². The monoisotopic (exact) mass is 324 g/mol. The van der Waals surface area contributed by atoms with E-state index in [9.17, 15) is 0 Å². The van der Waals surface area contributed by atoms with Gasteiger partial charge in [-0.15, -0.1) is 0 Å². The summed E-state index contributed by atoms with van der Waals surface area (Å²) < 4.78 is 2.81. The van der Waals surface area contributed by atoms with Crippen molar-refractivity contribution in [3.63, 3.8) is 0 Å². The number of nitrogens with zero attached hydrogens (tertiary/aromatic N) is 5. The molecule has 0 radical (unpaired) electrons. The van der Waals surface area contributed by atoms with E-state index in [0.29, 0.717) is 0 Å². The molecule has 0 fully saturated rings. The van der Waals surface area contributed by atoms with Crippen molar-refractivity contribution in [2.75, 3.05) is 20.6 Å². The van der Waals surface area contributed by atoms with Crippen LogP contribution in [0.15, 0.2) is 29.3 Å². The molecule has 0 saturated carbocycles. The zero-order valence-electron chi connectivity index (χ0n) is 11.0. The average molecular weight is 325 g/mol. The predicted molar refractivity (Wildman–Crippen MR) is 76.5 cm³/mol. The van der Waals surface area contributed by atoms with Gasteiger partial charge in [0.25, 0.3) is 0 Å². The molecule has 0 amide bonds. The highest BCUT2D eigenvalue weighted by molar-refractivity contribution is 9.10. The molecule has 0 aliphatic heterocycles. The van der Waals surface area contributed by atoms with Crippen molar-refractivity contribution in [2.24, 2.45) is 5.73 Å². The molecule has 0 aliphatic rings. The number of hydrogen-bond donors (Lipinski definition) is 1. The summed E-state index contributed by atoms with van der Waals surface area (Å²) in [7, 11) is 4.06. The van der Waals surface area contributed by atoms with E-state index in [1.54, 1.807) is 12.4 Å². The molecule has 2 aromatic heterocycles. The number of aromatic nitrogens is 4. The van der Waals surface area contributed by atoms with Crippen LogP contribution in [0.4, 0.5) is 0 Å². The molecule has 0 saturated heterocycles. The number of likely N-dealkylation sites (N-methyl/N-ethyl adjacent to an activating group) is 1. The van der Waals surface area contributed by atoms with Crippen LogP contribution in [0, 0.1) is 0 Å². The number of rotatable bonds is 5. The molecule has 2 rings (SSSR count). The van der Waals surface area contributed by atoms with Gasteiger partial charge < -0.3 is 10.6 Å². The fraction of sp³-hybridized carbons (Fsp3) is 0.417. The summed E-state index contributed by atoms with van der Waals surface area (Å²) in [5.41, 5.74) is 7.99. The number of hydrogen-bond acceptors (Lipinski definition) is 5. The van der Waals surface area contributed by atoms with Gasteiger partial charge in [-0.05, 0) is 36.1 Å². The van der Waals surface area contributed by atoms with Crippen molar-refractivity contribution >= 4 is 15.9 Å². The second-order valence-electron chi connectivity index (χ2n) is 4.52. The van der Waals surface area contributed by atoms with E-state index < -0.39 is 0 Å². The lowest BCUT2D eigenvalue weighted by Crippen LogP contribution is -2.24. The van der Waals surface area contributed by atoms with Gasteiger partial charge >= 0.3 is 0 Å². The minimum atomic E-state index is -0.318. The highest BCUT2D eigenvalue weighted by Gasteiger charge is 2.19. The Morgan fingerprint density at radius 2 is 2.26 bits per heavy atom. The summed E-state index contributed by atoms with van der Waals surface area (Å²) in [6, 6.07) is 1.50. The molecule has 0 spiro atoms. The van der Waals surface area contributed by atoms with Gasteiger partial charge in [0.2, 0.25) is 0 Å². The van der Waals surface area contributed by atoms with E-state index in [1.165, 1.54) is 6.33 Å². The van der Waals surface area contributed by atoms with Gasteiger partial charge in [0.15, 0.2) is 0 Å². The van der Waals surface area contributed by atoms with Crippen LogP contribution in [0.1, 0.15) is 17.4 Å². The number of nitrogens with two attached hydrogens (primary N) is 1. The highest BCUT2D eigenvalue weighted by Crippen LogP contribution is 2.25. The van der Waals surface area contributed by atoms with Crippen LogP contribution in [-0.2, 0) is 6.54 Å².